The van der Waals surface area contributed by atoms with E-state index in [4.69, 9.17) is 4.74 Å². The molecule has 0 aromatic carbocycles. The van der Waals surface area contributed by atoms with Crippen LogP contribution in [0, 0.1) is 0 Å². The zero-order chi connectivity index (χ0) is 15.2. The van der Waals surface area contributed by atoms with Crippen LogP contribution >= 0.6 is 0 Å². The van der Waals surface area contributed by atoms with Gasteiger partial charge in [-0.1, -0.05) is 13.0 Å². The largest absolute Gasteiger partial charge is 0.481 e. The standard InChI is InChI=1S/C16H21N3O2/c1-4-13-9-14(19(5-2)18-13)10-15(20)8-12-6-7-16(21-3)17-11-12/h6-7,9,11H,4-5,8,10H2,1-3H3. The van der Waals surface area contributed by atoms with E-state index in [1.54, 1.807) is 19.4 Å². The third-order valence-corrected chi connectivity index (χ3v) is 3.36. The lowest BCUT2D eigenvalue weighted by molar-refractivity contribution is -0.117. The minimum atomic E-state index is 0.166. The summed E-state index contributed by atoms with van der Waals surface area (Å²) in [6.45, 7) is 4.89. The quantitative estimate of drug-likeness (QED) is 0.783. The second-order valence-corrected chi connectivity index (χ2v) is 4.90. The number of aromatic nitrogens is 3. The van der Waals surface area contributed by atoms with Crippen molar-refractivity contribution in [2.75, 3.05) is 7.11 Å². The van der Waals surface area contributed by atoms with Gasteiger partial charge in [0.1, 0.15) is 5.78 Å². The smallest absolute Gasteiger partial charge is 0.212 e. The lowest BCUT2D eigenvalue weighted by atomic mass is 10.1. The Morgan fingerprint density at radius 3 is 2.67 bits per heavy atom. The zero-order valence-electron chi connectivity index (χ0n) is 12.8. The molecule has 0 saturated carbocycles. The molecular weight excluding hydrogens is 266 g/mol. The number of carbonyl (C=O) groups is 1. The Bertz CT molecular complexity index is 602. The molecule has 2 heterocycles. The summed E-state index contributed by atoms with van der Waals surface area (Å²) in [7, 11) is 1.57. The predicted molar refractivity (Wildman–Crippen MR) is 80.5 cm³/mol. The number of methoxy groups -OCH3 is 1. The van der Waals surface area contributed by atoms with Crippen LogP contribution in [0.3, 0.4) is 0 Å². The first-order valence-electron chi connectivity index (χ1n) is 7.22. The summed E-state index contributed by atoms with van der Waals surface area (Å²) >= 11 is 0. The molecule has 2 rings (SSSR count). The van der Waals surface area contributed by atoms with Gasteiger partial charge in [-0.25, -0.2) is 4.98 Å². The third-order valence-electron chi connectivity index (χ3n) is 3.36. The van der Waals surface area contributed by atoms with Crippen LogP contribution in [0.2, 0.25) is 0 Å². The highest BCUT2D eigenvalue weighted by atomic mass is 16.5. The number of pyridine rings is 1. The molecule has 112 valence electrons. The number of hydrogen-bond donors (Lipinski definition) is 0. The summed E-state index contributed by atoms with van der Waals surface area (Å²) in [5.74, 6) is 0.724. The number of nitrogens with zero attached hydrogens (tertiary/aromatic N) is 3. The molecule has 0 radical (unpaired) electrons. The van der Waals surface area contributed by atoms with Gasteiger partial charge < -0.3 is 4.74 Å². The Morgan fingerprint density at radius 1 is 1.29 bits per heavy atom. The van der Waals surface area contributed by atoms with E-state index in [0.29, 0.717) is 18.7 Å². The first-order chi connectivity index (χ1) is 10.2. The fourth-order valence-corrected chi connectivity index (χ4v) is 2.23. The van der Waals surface area contributed by atoms with Crippen molar-refractivity contribution in [2.24, 2.45) is 0 Å². The van der Waals surface area contributed by atoms with Crippen LogP contribution in [0.25, 0.3) is 0 Å². The van der Waals surface area contributed by atoms with Crippen molar-refractivity contribution in [3.63, 3.8) is 0 Å². The normalized spacial score (nSPS) is 10.6. The van der Waals surface area contributed by atoms with Gasteiger partial charge in [-0.05, 0) is 25.0 Å². The minimum absolute atomic E-state index is 0.166. The number of carbonyl (C=O) groups excluding carboxylic acids is 1. The summed E-state index contributed by atoms with van der Waals surface area (Å²) in [5.41, 5.74) is 2.92. The van der Waals surface area contributed by atoms with Gasteiger partial charge in [-0.15, -0.1) is 0 Å². The number of hydrogen-bond acceptors (Lipinski definition) is 4. The molecule has 5 heteroatoms. The van der Waals surface area contributed by atoms with Crippen molar-refractivity contribution >= 4 is 5.78 Å². The molecule has 0 aliphatic rings. The topological polar surface area (TPSA) is 57.0 Å². The zero-order valence-corrected chi connectivity index (χ0v) is 12.8. The second-order valence-electron chi connectivity index (χ2n) is 4.90. The molecule has 0 aliphatic carbocycles. The number of aryl methyl sites for hydroxylation is 2. The first-order valence-corrected chi connectivity index (χ1v) is 7.22. The summed E-state index contributed by atoms with van der Waals surface area (Å²) < 4.78 is 6.91. The molecular formula is C16H21N3O2. The molecule has 2 aromatic heterocycles. The first kappa shape index (κ1) is 15.2. The summed E-state index contributed by atoms with van der Waals surface area (Å²) in [6.07, 6.45) is 3.36. The molecule has 2 aromatic rings. The SMILES string of the molecule is CCc1cc(CC(=O)Cc2ccc(OC)nc2)n(CC)n1. The van der Waals surface area contributed by atoms with E-state index in [2.05, 4.69) is 17.0 Å². The predicted octanol–water partition coefficient (Wildman–Crippen LogP) is 2.22. The highest BCUT2D eigenvalue weighted by Gasteiger charge is 2.11. The lowest BCUT2D eigenvalue weighted by Gasteiger charge is -2.05. The van der Waals surface area contributed by atoms with Crippen LogP contribution in [0.1, 0.15) is 30.8 Å². The monoisotopic (exact) mass is 287 g/mol. The summed E-state index contributed by atoms with van der Waals surface area (Å²) in [5, 5.41) is 4.47. The second kappa shape index (κ2) is 7.02. The average molecular weight is 287 g/mol. The fourth-order valence-electron chi connectivity index (χ4n) is 2.23. The third kappa shape index (κ3) is 3.90. The molecule has 0 aliphatic heterocycles. The van der Waals surface area contributed by atoms with Crippen molar-refractivity contribution < 1.29 is 9.53 Å². The highest BCUT2D eigenvalue weighted by molar-refractivity contribution is 5.82. The van der Waals surface area contributed by atoms with Gasteiger partial charge in [0, 0.05) is 37.3 Å². The Kier molecular flexibility index (Phi) is 5.09. The highest BCUT2D eigenvalue weighted by Crippen LogP contribution is 2.11. The van der Waals surface area contributed by atoms with Crippen LogP contribution < -0.4 is 4.74 Å². The molecule has 0 amide bonds. The van der Waals surface area contributed by atoms with Crippen LogP contribution in [0.15, 0.2) is 24.4 Å². The van der Waals surface area contributed by atoms with Gasteiger partial charge >= 0.3 is 0 Å². The van der Waals surface area contributed by atoms with Gasteiger partial charge in [0.2, 0.25) is 5.88 Å². The van der Waals surface area contributed by atoms with Crippen molar-refractivity contribution in [1.29, 1.82) is 0 Å². The number of rotatable bonds is 7. The number of ether oxygens (including phenoxy) is 1. The lowest BCUT2D eigenvalue weighted by Crippen LogP contribution is -2.11. The molecule has 0 fully saturated rings. The molecule has 0 bridgehead atoms. The van der Waals surface area contributed by atoms with Gasteiger partial charge in [0.15, 0.2) is 0 Å². The van der Waals surface area contributed by atoms with E-state index in [0.717, 1.165) is 29.9 Å². The number of Topliss-reactive ketones (excluding diaryl/α,β-unsaturated/α-hetero) is 1. The maximum Gasteiger partial charge on any atom is 0.212 e. The molecule has 5 nitrogen and oxygen atoms in total. The molecule has 0 spiro atoms. The molecule has 0 saturated heterocycles. The molecule has 0 unspecified atom stereocenters. The maximum absolute atomic E-state index is 12.2. The molecule has 21 heavy (non-hydrogen) atoms. The fraction of sp³-hybridized carbons (Fsp3) is 0.438. The summed E-state index contributed by atoms with van der Waals surface area (Å²) in [6, 6.07) is 5.67. The molecule has 0 atom stereocenters. The van der Waals surface area contributed by atoms with Crippen molar-refractivity contribution in [3.8, 4) is 5.88 Å². The van der Waals surface area contributed by atoms with Gasteiger partial charge in [0.05, 0.1) is 12.8 Å². The van der Waals surface area contributed by atoms with E-state index in [-0.39, 0.29) is 5.78 Å². The van der Waals surface area contributed by atoms with E-state index < -0.39 is 0 Å². The van der Waals surface area contributed by atoms with Crippen LogP contribution in [-0.2, 0) is 30.6 Å². The molecule has 0 N–H and O–H groups in total. The minimum Gasteiger partial charge on any atom is -0.481 e. The van der Waals surface area contributed by atoms with Crippen LogP contribution in [0.5, 0.6) is 5.88 Å². The van der Waals surface area contributed by atoms with E-state index >= 15 is 0 Å². The Labute approximate surface area is 125 Å². The summed E-state index contributed by atoms with van der Waals surface area (Å²) in [4.78, 5) is 16.3. The van der Waals surface area contributed by atoms with Gasteiger partial charge in [0.25, 0.3) is 0 Å². The van der Waals surface area contributed by atoms with Gasteiger partial charge in [-0.3, -0.25) is 9.48 Å². The van der Waals surface area contributed by atoms with Crippen LogP contribution in [-0.4, -0.2) is 27.7 Å². The Balaban J connectivity index is 2.02. The van der Waals surface area contributed by atoms with Crippen molar-refractivity contribution in [1.82, 2.24) is 14.8 Å². The van der Waals surface area contributed by atoms with E-state index in [1.165, 1.54) is 0 Å². The average Bonchev–Trinajstić information content (AvgIpc) is 2.90. The van der Waals surface area contributed by atoms with Gasteiger partial charge in [-0.2, -0.15) is 5.10 Å². The van der Waals surface area contributed by atoms with Crippen LogP contribution in [0.4, 0.5) is 0 Å². The Morgan fingerprint density at radius 2 is 2.10 bits per heavy atom. The number of ketones is 1. The maximum atomic E-state index is 12.2. The van der Waals surface area contributed by atoms with Crippen molar-refractivity contribution in [2.45, 2.75) is 39.7 Å². The van der Waals surface area contributed by atoms with E-state index in [1.807, 2.05) is 23.7 Å². The van der Waals surface area contributed by atoms with Crippen molar-refractivity contribution in [3.05, 3.63) is 41.3 Å². The van der Waals surface area contributed by atoms with E-state index in [9.17, 15) is 4.79 Å². The Hall–Kier alpha value is -2.17.